The molecule has 0 amide bonds. The molecule has 0 N–H and O–H groups in total. The van der Waals surface area contributed by atoms with Crippen LogP contribution in [0.1, 0.15) is 18.1 Å². The van der Waals surface area contributed by atoms with Gasteiger partial charge in [-0.25, -0.2) is 4.79 Å². The number of rotatable bonds is 12. The van der Waals surface area contributed by atoms with Crippen LogP contribution in [-0.4, -0.2) is 26.3 Å². The number of hydrogen-bond donors (Lipinski definition) is 0. The zero-order chi connectivity index (χ0) is 25.9. The van der Waals surface area contributed by atoms with E-state index >= 15 is 0 Å². The van der Waals surface area contributed by atoms with Crippen LogP contribution in [-0.2, 0) is 9.53 Å². The van der Waals surface area contributed by atoms with E-state index < -0.39 is 12.1 Å². The fourth-order valence-electron chi connectivity index (χ4n) is 3.44. The third kappa shape index (κ3) is 7.92. The molecule has 0 radical (unpaired) electrons. The summed E-state index contributed by atoms with van der Waals surface area (Å²) in [5.74, 6) is 2.71. The van der Waals surface area contributed by atoms with Crippen LogP contribution in [0.5, 0.6) is 28.7 Å². The molecule has 0 fully saturated rings. The molecule has 0 spiro atoms. The summed E-state index contributed by atoms with van der Waals surface area (Å²) in [5, 5.41) is 0.671. The third-order valence-electron chi connectivity index (χ3n) is 5.28. The Morgan fingerprint density at radius 2 is 1.30 bits per heavy atom. The first kappa shape index (κ1) is 25.9. The van der Waals surface area contributed by atoms with Crippen LogP contribution in [0.3, 0.4) is 0 Å². The van der Waals surface area contributed by atoms with E-state index in [1.54, 1.807) is 54.6 Å². The molecule has 4 aromatic carbocycles. The average molecular weight is 519 g/mol. The van der Waals surface area contributed by atoms with Gasteiger partial charge in [-0.15, -0.1) is 0 Å². The van der Waals surface area contributed by atoms with Crippen LogP contribution in [0.4, 0.5) is 0 Å². The first-order chi connectivity index (χ1) is 18.1. The predicted octanol–water partition coefficient (Wildman–Crippen LogP) is 7.27. The topological polar surface area (TPSA) is 63.2 Å². The number of para-hydroxylation sites is 1. The highest BCUT2D eigenvalue weighted by molar-refractivity contribution is 6.30. The van der Waals surface area contributed by atoms with Crippen LogP contribution in [0, 0.1) is 0 Å². The minimum absolute atomic E-state index is 0.477. The second-order valence-electron chi connectivity index (χ2n) is 7.98. The molecule has 0 heterocycles. The molecule has 0 saturated carbocycles. The fraction of sp³-hybridized carbons (Fsp3) is 0.167. The highest BCUT2D eigenvalue weighted by Gasteiger charge is 2.24. The maximum absolute atomic E-state index is 12.5. The number of halogens is 1. The Morgan fingerprint density at radius 1 is 0.703 bits per heavy atom. The van der Waals surface area contributed by atoms with Crippen molar-refractivity contribution < 1.29 is 28.5 Å². The molecule has 1 atom stereocenters. The molecule has 0 aliphatic rings. The van der Waals surface area contributed by atoms with Crippen molar-refractivity contribution in [3.8, 4) is 28.7 Å². The number of carbonyl (C=O) groups excluding carboxylic acids is 1. The van der Waals surface area contributed by atoms with Crippen LogP contribution in [0.25, 0.3) is 0 Å². The van der Waals surface area contributed by atoms with Gasteiger partial charge in [0.05, 0.1) is 20.3 Å². The maximum Gasteiger partial charge on any atom is 0.351 e. The largest absolute Gasteiger partial charge is 0.493 e. The van der Waals surface area contributed by atoms with Gasteiger partial charge in [0.1, 0.15) is 28.7 Å². The molecule has 7 heteroatoms. The van der Waals surface area contributed by atoms with Gasteiger partial charge in [0.2, 0.25) is 6.10 Å². The van der Waals surface area contributed by atoms with Crippen LogP contribution >= 0.6 is 11.6 Å². The molecule has 4 aromatic rings. The number of hydrogen-bond acceptors (Lipinski definition) is 6. The summed E-state index contributed by atoms with van der Waals surface area (Å²) in [6.45, 7) is 1.00. The van der Waals surface area contributed by atoms with Crippen molar-refractivity contribution in [2.75, 3.05) is 20.3 Å². The van der Waals surface area contributed by atoms with Crippen molar-refractivity contribution >= 4 is 17.6 Å². The molecule has 0 saturated heterocycles. The molecule has 190 valence electrons. The standard InChI is InChI=1S/C30H27ClO6/c1-33-30(32)29(37-28-10-5-9-27(21-28)36-26-7-3-2-4-8-26)22-11-15-24(16-12-22)34-19-6-20-35-25-17-13-23(31)14-18-25/h2-5,7-18,21,29H,6,19-20H2,1H3. The quantitative estimate of drug-likeness (QED) is 0.145. The second-order valence-corrected chi connectivity index (χ2v) is 8.42. The van der Waals surface area contributed by atoms with Crippen molar-refractivity contribution in [3.63, 3.8) is 0 Å². The van der Waals surface area contributed by atoms with E-state index in [2.05, 4.69) is 0 Å². The number of methoxy groups -OCH3 is 1. The van der Waals surface area contributed by atoms with Gasteiger partial charge in [0, 0.05) is 23.1 Å². The van der Waals surface area contributed by atoms with Gasteiger partial charge in [-0.05, 0) is 60.7 Å². The predicted molar refractivity (Wildman–Crippen MR) is 142 cm³/mol. The lowest BCUT2D eigenvalue weighted by molar-refractivity contribution is -0.149. The van der Waals surface area contributed by atoms with E-state index in [1.807, 2.05) is 48.5 Å². The van der Waals surface area contributed by atoms with E-state index in [-0.39, 0.29) is 0 Å². The second kappa shape index (κ2) is 13.2. The number of ether oxygens (including phenoxy) is 5. The van der Waals surface area contributed by atoms with E-state index in [4.69, 9.17) is 35.3 Å². The SMILES string of the molecule is COC(=O)C(Oc1cccc(Oc2ccccc2)c1)c1ccc(OCCCOc2ccc(Cl)cc2)cc1. The van der Waals surface area contributed by atoms with Gasteiger partial charge >= 0.3 is 5.97 Å². The van der Waals surface area contributed by atoms with Crippen molar-refractivity contribution in [2.24, 2.45) is 0 Å². The van der Waals surface area contributed by atoms with Gasteiger partial charge in [0.15, 0.2) is 0 Å². The summed E-state index contributed by atoms with van der Waals surface area (Å²) in [6.07, 6.45) is -0.238. The summed E-state index contributed by atoms with van der Waals surface area (Å²) in [7, 11) is 1.33. The molecule has 6 nitrogen and oxygen atoms in total. The molecular weight excluding hydrogens is 492 g/mol. The van der Waals surface area contributed by atoms with Crippen molar-refractivity contribution in [1.82, 2.24) is 0 Å². The Kier molecular flexibility index (Phi) is 9.27. The van der Waals surface area contributed by atoms with Gasteiger partial charge in [-0.2, -0.15) is 0 Å². The smallest absolute Gasteiger partial charge is 0.351 e. The first-order valence-electron chi connectivity index (χ1n) is 11.8. The lowest BCUT2D eigenvalue weighted by Crippen LogP contribution is -2.20. The molecule has 4 rings (SSSR count). The van der Waals surface area contributed by atoms with E-state index in [0.29, 0.717) is 53.2 Å². The maximum atomic E-state index is 12.5. The Labute approximate surface area is 221 Å². The third-order valence-corrected chi connectivity index (χ3v) is 5.53. The minimum Gasteiger partial charge on any atom is -0.493 e. The van der Waals surface area contributed by atoms with Gasteiger partial charge in [-0.1, -0.05) is 48.0 Å². The lowest BCUT2D eigenvalue weighted by Gasteiger charge is -2.18. The average Bonchev–Trinajstić information content (AvgIpc) is 2.93. The molecule has 37 heavy (non-hydrogen) atoms. The highest BCUT2D eigenvalue weighted by Crippen LogP contribution is 2.29. The molecule has 1 unspecified atom stereocenters. The number of esters is 1. The van der Waals surface area contributed by atoms with Crippen molar-refractivity contribution in [1.29, 1.82) is 0 Å². The van der Waals surface area contributed by atoms with Crippen LogP contribution in [0.2, 0.25) is 5.02 Å². The summed E-state index contributed by atoms with van der Waals surface area (Å²) >= 11 is 5.88. The summed E-state index contributed by atoms with van der Waals surface area (Å²) < 4.78 is 28.3. The number of benzene rings is 4. The molecule has 0 aliphatic carbocycles. The lowest BCUT2D eigenvalue weighted by atomic mass is 10.1. The van der Waals surface area contributed by atoms with Crippen LogP contribution in [0.15, 0.2) is 103 Å². The minimum atomic E-state index is -0.946. The van der Waals surface area contributed by atoms with E-state index in [1.165, 1.54) is 7.11 Å². The van der Waals surface area contributed by atoms with Gasteiger partial charge in [0.25, 0.3) is 0 Å². The Hall–Kier alpha value is -4.16. The zero-order valence-electron chi connectivity index (χ0n) is 20.3. The summed E-state index contributed by atoms with van der Waals surface area (Å²) in [4.78, 5) is 12.5. The van der Waals surface area contributed by atoms with Gasteiger partial charge < -0.3 is 23.7 Å². The summed E-state index contributed by atoms with van der Waals surface area (Å²) in [5.41, 5.74) is 0.639. The summed E-state index contributed by atoms with van der Waals surface area (Å²) in [6, 6.07) is 30.9. The normalized spacial score (nSPS) is 11.3. The van der Waals surface area contributed by atoms with Crippen molar-refractivity contribution in [3.05, 3.63) is 114 Å². The molecule has 0 aliphatic heterocycles. The Bertz CT molecular complexity index is 1260. The molecule has 0 aromatic heterocycles. The Morgan fingerprint density at radius 3 is 1.95 bits per heavy atom. The van der Waals surface area contributed by atoms with Crippen molar-refractivity contribution in [2.45, 2.75) is 12.5 Å². The van der Waals surface area contributed by atoms with Crippen LogP contribution < -0.4 is 18.9 Å². The van der Waals surface area contributed by atoms with E-state index in [0.717, 1.165) is 5.75 Å². The van der Waals surface area contributed by atoms with E-state index in [9.17, 15) is 4.79 Å². The van der Waals surface area contributed by atoms with Gasteiger partial charge in [-0.3, -0.25) is 0 Å². The molecular formula is C30H27ClO6. The Balaban J connectivity index is 1.32. The molecule has 0 bridgehead atoms. The fourth-order valence-corrected chi connectivity index (χ4v) is 3.57. The number of carbonyl (C=O) groups is 1. The highest BCUT2D eigenvalue weighted by atomic mass is 35.5. The monoisotopic (exact) mass is 518 g/mol. The zero-order valence-corrected chi connectivity index (χ0v) is 21.1. The first-order valence-corrected chi connectivity index (χ1v) is 12.2.